The number of amides is 1. The molecule has 2 rings (SSSR count). The number of carbonyl (C=O) groups excluding carboxylic acids is 1. The standard InChI is InChI=1S/C25H44NOP/c1-6-9-18-28(19-10-7-2,20-11-8-3)25(16-13-17-25)24(27)26-23-21(4)14-12-15-22(23)5/h12,14-15,28H,6-11,13,16-20H2,1-5H3,(H,26,27). The SMILES string of the molecule is CCCC[PH](CCCC)(CCCC)C1(C(=O)Nc2c(C)cccc2C)CCC1. The quantitative estimate of drug-likeness (QED) is 0.363. The Labute approximate surface area is 174 Å². The Hall–Kier alpha value is -0.880. The second kappa shape index (κ2) is 10.8. The molecule has 1 aromatic rings. The van der Waals surface area contributed by atoms with Gasteiger partial charge in [0.25, 0.3) is 0 Å². The van der Waals surface area contributed by atoms with Crippen LogP contribution in [0, 0.1) is 13.8 Å². The zero-order valence-corrected chi connectivity index (χ0v) is 20.1. The third-order valence-corrected chi connectivity index (χ3v) is 14.1. The van der Waals surface area contributed by atoms with Gasteiger partial charge in [-0.15, -0.1) is 0 Å². The van der Waals surface area contributed by atoms with Crippen LogP contribution in [0.15, 0.2) is 18.2 Å². The molecular formula is C25H44NOP. The number of para-hydroxylation sites is 1. The summed E-state index contributed by atoms with van der Waals surface area (Å²) in [5.74, 6) is 0.367. The number of hydrogen-bond donors (Lipinski definition) is 1. The molecular weight excluding hydrogens is 361 g/mol. The molecule has 1 aliphatic rings. The molecule has 0 bridgehead atoms. The summed E-state index contributed by atoms with van der Waals surface area (Å²) >= 11 is 0. The number of benzene rings is 1. The van der Waals surface area contributed by atoms with Crippen LogP contribution in [0.4, 0.5) is 5.69 Å². The molecule has 28 heavy (non-hydrogen) atoms. The van der Waals surface area contributed by atoms with Gasteiger partial charge < -0.3 is 0 Å². The van der Waals surface area contributed by atoms with E-state index < -0.39 is 7.26 Å². The molecule has 0 aliphatic heterocycles. The van der Waals surface area contributed by atoms with Crippen LogP contribution in [0.2, 0.25) is 0 Å². The summed E-state index contributed by atoms with van der Waals surface area (Å²) < 4.78 is 0. The van der Waals surface area contributed by atoms with Gasteiger partial charge in [-0.2, -0.15) is 0 Å². The third kappa shape index (κ3) is 4.81. The van der Waals surface area contributed by atoms with Crippen molar-refractivity contribution in [1.82, 2.24) is 0 Å². The van der Waals surface area contributed by atoms with Gasteiger partial charge in [-0.3, -0.25) is 0 Å². The summed E-state index contributed by atoms with van der Waals surface area (Å²) in [5, 5.41) is 3.43. The van der Waals surface area contributed by atoms with Crippen LogP contribution in [-0.4, -0.2) is 29.5 Å². The molecule has 2 nitrogen and oxygen atoms in total. The second-order valence-electron chi connectivity index (χ2n) is 9.25. The van der Waals surface area contributed by atoms with Crippen molar-refractivity contribution in [1.29, 1.82) is 0 Å². The molecule has 160 valence electrons. The fourth-order valence-corrected chi connectivity index (χ4v) is 12.6. The molecule has 0 spiro atoms. The van der Waals surface area contributed by atoms with Gasteiger partial charge in [-0.1, -0.05) is 0 Å². The molecule has 1 aromatic carbocycles. The van der Waals surface area contributed by atoms with Gasteiger partial charge in [-0.25, -0.2) is 0 Å². The van der Waals surface area contributed by atoms with E-state index in [4.69, 9.17) is 0 Å². The normalized spacial score (nSPS) is 16.5. The number of aryl methyl sites for hydroxylation is 2. The van der Waals surface area contributed by atoms with Crippen molar-refractivity contribution in [2.75, 3.05) is 23.8 Å². The number of unbranched alkanes of at least 4 members (excludes halogenated alkanes) is 3. The fraction of sp³-hybridized carbons (Fsp3) is 0.720. The number of anilines is 1. The number of hydrogen-bond acceptors (Lipinski definition) is 1. The van der Waals surface area contributed by atoms with Gasteiger partial charge in [-0.05, 0) is 0 Å². The Kier molecular flexibility index (Phi) is 9.00. The van der Waals surface area contributed by atoms with E-state index in [0.29, 0.717) is 5.91 Å². The molecule has 0 saturated heterocycles. The summed E-state index contributed by atoms with van der Waals surface area (Å²) in [5.41, 5.74) is 3.43. The zero-order valence-electron chi connectivity index (χ0n) is 19.1. The number of carbonyl (C=O) groups is 1. The summed E-state index contributed by atoms with van der Waals surface area (Å²) in [6.45, 7) is 11.2. The maximum atomic E-state index is 13.9. The predicted molar refractivity (Wildman–Crippen MR) is 129 cm³/mol. The summed E-state index contributed by atoms with van der Waals surface area (Å²) in [6, 6.07) is 6.32. The van der Waals surface area contributed by atoms with Crippen molar-refractivity contribution < 1.29 is 4.79 Å². The average molecular weight is 406 g/mol. The van der Waals surface area contributed by atoms with Crippen LogP contribution in [0.5, 0.6) is 0 Å². The van der Waals surface area contributed by atoms with E-state index >= 15 is 0 Å². The van der Waals surface area contributed by atoms with Crippen LogP contribution in [-0.2, 0) is 4.79 Å². The van der Waals surface area contributed by atoms with Gasteiger partial charge in [0.2, 0.25) is 0 Å². The van der Waals surface area contributed by atoms with E-state index in [1.807, 2.05) is 0 Å². The minimum atomic E-state index is -1.69. The zero-order chi connectivity index (χ0) is 20.6. The molecule has 0 aromatic heterocycles. The summed E-state index contributed by atoms with van der Waals surface area (Å²) in [6.07, 6.45) is 15.2. The second-order valence-corrected chi connectivity index (χ2v) is 14.3. The summed E-state index contributed by atoms with van der Waals surface area (Å²) in [4.78, 5) is 13.9. The van der Waals surface area contributed by atoms with Crippen molar-refractivity contribution in [3.05, 3.63) is 29.3 Å². The first-order valence-corrected chi connectivity index (χ1v) is 14.5. The molecule has 3 heteroatoms. The topological polar surface area (TPSA) is 29.1 Å². The molecule has 0 radical (unpaired) electrons. The van der Waals surface area contributed by atoms with Gasteiger partial charge >= 0.3 is 174 Å². The van der Waals surface area contributed by atoms with E-state index in [-0.39, 0.29) is 5.16 Å². The van der Waals surface area contributed by atoms with E-state index in [2.05, 4.69) is 58.1 Å². The first-order valence-electron chi connectivity index (χ1n) is 11.8. The molecule has 0 unspecified atom stereocenters. The molecule has 1 N–H and O–H groups in total. The Morgan fingerprint density at radius 1 is 0.929 bits per heavy atom. The number of nitrogens with one attached hydrogen (secondary N) is 1. The van der Waals surface area contributed by atoms with E-state index in [0.717, 1.165) is 18.5 Å². The van der Waals surface area contributed by atoms with Gasteiger partial charge in [0.15, 0.2) is 0 Å². The van der Waals surface area contributed by atoms with Crippen LogP contribution in [0.1, 0.15) is 89.7 Å². The summed E-state index contributed by atoms with van der Waals surface area (Å²) in [7, 11) is -1.69. The minimum absolute atomic E-state index is 0.0266. The maximum absolute atomic E-state index is 13.9. The molecule has 1 aliphatic carbocycles. The van der Waals surface area contributed by atoms with Crippen molar-refractivity contribution in [3.8, 4) is 0 Å². The van der Waals surface area contributed by atoms with Crippen molar-refractivity contribution in [2.24, 2.45) is 0 Å². The average Bonchev–Trinajstić information content (AvgIpc) is 2.64. The van der Waals surface area contributed by atoms with E-state index in [9.17, 15) is 4.79 Å². The predicted octanol–water partition coefficient (Wildman–Crippen LogP) is 7.31. The monoisotopic (exact) mass is 405 g/mol. The van der Waals surface area contributed by atoms with E-state index in [1.54, 1.807) is 0 Å². The van der Waals surface area contributed by atoms with Gasteiger partial charge in [0.1, 0.15) is 0 Å². The third-order valence-electron chi connectivity index (χ3n) is 7.40. The molecule has 0 atom stereocenters. The van der Waals surface area contributed by atoms with Gasteiger partial charge in [0.05, 0.1) is 0 Å². The fourth-order valence-electron chi connectivity index (χ4n) is 5.41. The van der Waals surface area contributed by atoms with E-state index in [1.165, 1.54) is 74.6 Å². The Balaban J connectivity index is 2.38. The Morgan fingerprint density at radius 3 is 1.75 bits per heavy atom. The molecule has 1 fully saturated rings. The van der Waals surface area contributed by atoms with Crippen LogP contribution in [0.3, 0.4) is 0 Å². The molecule has 0 heterocycles. The molecule has 1 amide bonds. The van der Waals surface area contributed by atoms with Crippen molar-refractivity contribution in [3.63, 3.8) is 0 Å². The van der Waals surface area contributed by atoms with Crippen LogP contribution >= 0.6 is 7.26 Å². The molecule has 1 saturated carbocycles. The number of rotatable bonds is 12. The van der Waals surface area contributed by atoms with Crippen LogP contribution < -0.4 is 5.32 Å². The first-order chi connectivity index (χ1) is 13.5. The Bertz CT molecular complexity index is 593. The van der Waals surface area contributed by atoms with Gasteiger partial charge in [0, 0.05) is 0 Å². The Morgan fingerprint density at radius 2 is 1.39 bits per heavy atom. The van der Waals surface area contributed by atoms with Crippen molar-refractivity contribution in [2.45, 2.75) is 97.6 Å². The van der Waals surface area contributed by atoms with Crippen LogP contribution in [0.25, 0.3) is 0 Å². The van der Waals surface area contributed by atoms with Crippen molar-refractivity contribution >= 4 is 18.9 Å². The first kappa shape index (κ1) is 23.4.